The van der Waals surface area contributed by atoms with Crippen molar-refractivity contribution in [3.63, 3.8) is 0 Å². The number of aromatic nitrogens is 2. The highest BCUT2D eigenvalue weighted by molar-refractivity contribution is 5.66. The molecule has 1 aliphatic rings. The van der Waals surface area contributed by atoms with E-state index in [9.17, 15) is 19.2 Å². The van der Waals surface area contributed by atoms with Crippen molar-refractivity contribution in [2.24, 2.45) is 0 Å². The summed E-state index contributed by atoms with van der Waals surface area (Å²) >= 11 is 0. The molecule has 132 valence electrons. The van der Waals surface area contributed by atoms with E-state index in [1.807, 2.05) is 4.98 Å². The lowest BCUT2D eigenvalue weighted by atomic mass is 9.98. The average Bonchev–Trinajstić information content (AvgIpc) is 2.68. The van der Waals surface area contributed by atoms with E-state index in [1.165, 1.54) is 0 Å². The lowest BCUT2D eigenvalue weighted by Crippen LogP contribution is -2.46. The van der Waals surface area contributed by atoms with Crippen molar-refractivity contribution in [1.29, 1.82) is 0 Å². The standard InChI is InChI=1S/C14H17FN2O7/c1-7(18)22-6-9-11(23-8(2)19)14(3,15)12(24-9)17-5-4-10(20)16-13(17)21/h4-5,9,11-12H,6H2,1-3H3,(H,16,20,21). The Morgan fingerprint density at radius 1 is 1.38 bits per heavy atom. The van der Waals surface area contributed by atoms with Gasteiger partial charge in [-0.2, -0.15) is 0 Å². The minimum absolute atomic E-state index is 0.360. The SMILES string of the molecule is CC(=O)OCC1OC(n2ccc(=O)[nH]c2=O)C(C)(F)C1OC(C)=O. The summed E-state index contributed by atoms with van der Waals surface area (Å²) < 4.78 is 31.3. The number of alkyl halides is 1. The number of H-pyrrole nitrogens is 1. The van der Waals surface area contributed by atoms with Gasteiger partial charge in [-0.1, -0.05) is 0 Å². The Balaban J connectivity index is 2.38. The van der Waals surface area contributed by atoms with Crippen LogP contribution in [-0.2, 0) is 23.8 Å². The summed E-state index contributed by atoms with van der Waals surface area (Å²) in [6.45, 7) is 2.99. The van der Waals surface area contributed by atoms with E-state index in [0.717, 1.165) is 37.6 Å². The molecule has 1 aliphatic heterocycles. The number of halogens is 1. The number of ether oxygens (including phenoxy) is 3. The number of carbonyl (C=O) groups excluding carboxylic acids is 2. The molecule has 0 spiro atoms. The Hall–Kier alpha value is -2.49. The Kier molecular flexibility index (Phi) is 4.88. The summed E-state index contributed by atoms with van der Waals surface area (Å²) in [6, 6.07) is 1.03. The summed E-state index contributed by atoms with van der Waals surface area (Å²) in [7, 11) is 0. The smallest absolute Gasteiger partial charge is 0.330 e. The molecule has 2 heterocycles. The fraction of sp³-hybridized carbons (Fsp3) is 0.571. The van der Waals surface area contributed by atoms with Crippen LogP contribution in [-0.4, -0.2) is 46.0 Å². The van der Waals surface area contributed by atoms with Gasteiger partial charge in [0, 0.05) is 26.1 Å². The number of carbonyl (C=O) groups is 2. The molecular weight excluding hydrogens is 327 g/mol. The molecule has 10 heteroatoms. The van der Waals surface area contributed by atoms with E-state index in [1.54, 1.807) is 0 Å². The van der Waals surface area contributed by atoms with Gasteiger partial charge in [0.05, 0.1) is 0 Å². The molecule has 9 nitrogen and oxygen atoms in total. The summed E-state index contributed by atoms with van der Waals surface area (Å²) in [4.78, 5) is 47.2. The molecule has 0 aromatic carbocycles. The number of nitrogens with zero attached hydrogens (tertiary/aromatic N) is 1. The van der Waals surface area contributed by atoms with Gasteiger partial charge in [-0.15, -0.1) is 0 Å². The second kappa shape index (κ2) is 6.56. The normalized spacial score (nSPS) is 29.2. The Morgan fingerprint density at radius 3 is 2.58 bits per heavy atom. The van der Waals surface area contributed by atoms with E-state index in [-0.39, 0.29) is 6.61 Å². The Labute approximate surface area is 135 Å². The summed E-state index contributed by atoms with van der Waals surface area (Å²) in [5, 5.41) is 0. The van der Waals surface area contributed by atoms with Gasteiger partial charge in [-0.3, -0.25) is 23.9 Å². The number of rotatable bonds is 4. The van der Waals surface area contributed by atoms with Crippen molar-refractivity contribution < 1.29 is 28.2 Å². The highest BCUT2D eigenvalue weighted by Gasteiger charge is 2.58. The number of hydrogen-bond donors (Lipinski definition) is 1. The van der Waals surface area contributed by atoms with Crippen LogP contribution in [0.4, 0.5) is 4.39 Å². The fourth-order valence-electron chi connectivity index (χ4n) is 2.52. The molecule has 0 aliphatic carbocycles. The zero-order valence-corrected chi connectivity index (χ0v) is 13.3. The average molecular weight is 344 g/mol. The summed E-state index contributed by atoms with van der Waals surface area (Å²) in [6.07, 6.45) is -2.93. The number of nitrogens with one attached hydrogen (secondary N) is 1. The first kappa shape index (κ1) is 17.9. The molecule has 0 radical (unpaired) electrons. The molecule has 0 amide bonds. The number of hydrogen-bond acceptors (Lipinski definition) is 7. The van der Waals surface area contributed by atoms with E-state index >= 15 is 4.39 Å². The summed E-state index contributed by atoms with van der Waals surface area (Å²) in [5.41, 5.74) is -3.84. The first-order valence-corrected chi connectivity index (χ1v) is 7.09. The van der Waals surface area contributed by atoms with Gasteiger partial charge in [-0.25, -0.2) is 9.18 Å². The number of esters is 2. The maximum Gasteiger partial charge on any atom is 0.330 e. The van der Waals surface area contributed by atoms with Gasteiger partial charge in [0.2, 0.25) is 0 Å². The quantitative estimate of drug-likeness (QED) is 0.742. The van der Waals surface area contributed by atoms with Crippen LogP contribution in [0, 0.1) is 0 Å². The molecular formula is C14H17FN2O7. The zero-order chi connectivity index (χ0) is 18.1. The predicted molar refractivity (Wildman–Crippen MR) is 76.9 cm³/mol. The van der Waals surface area contributed by atoms with Gasteiger partial charge in [0.25, 0.3) is 5.56 Å². The highest BCUT2D eigenvalue weighted by Crippen LogP contribution is 2.42. The number of aromatic amines is 1. The minimum atomic E-state index is -2.31. The topological polar surface area (TPSA) is 117 Å². The third kappa shape index (κ3) is 3.53. The van der Waals surface area contributed by atoms with E-state index < -0.39 is 47.3 Å². The van der Waals surface area contributed by atoms with Crippen LogP contribution in [0.3, 0.4) is 0 Å². The maximum atomic E-state index is 15.2. The Morgan fingerprint density at radius 2 is 2.04 bits per heavy atom. The molecule has 1 N–H and O–H groups in total. The largest absolute Gasteiger partial charge is 0.463 e. The first-order valence-electron chi connectivity index (χ1n) is 7.09. The molecule has 0 bridgehead atoms. The van der Waals surface area contributed by atoms with Crippen LogP contribution in [0.5, 0.6) is 0 Å². The molecule has 4 unspecified atom stereocenters. The monoisotopic (exact) mass is 344 g/mol. The van der Waals surface area contributed by atoms with Crippen molar-refractivity contribution >= 4 is 11.9 Å². The van der Waals surface area contributed by atoms with Crippen LogP contribution in [0.15, 0.2) is 21.9 Å². The second-order valence-electron chi connectivity index (χ2n) is 5.53. The predicted octanol–water partition coefficient (Wildman–Crippen LogP) is -0.343. The lowest BCUT2D eigenvalue weighted by molar-refractivity contribution is -0.158. The van der Waals surface area contributed by atoms with Gasteiger partial charge >= 0.3 is 17.6 Å². The second-order valence-corrected chi connectivity index (χ2v) is 5.53. The van der Waals surface area contributed by atoms with Crippen molar-refractivity contribution in [3.8, 4) is 0 Å². The fourth-order valence-corrected chi connectivity index (χ4v) is 2.52. The van der Waals surface area contributed by atoms with Crippen LogP contribution < -0.4 is 11.2 Å². The molecule has 0 saturated carbocycles. The van der Waals surface area contributed by atoms with Crippen LogP contribution in [0.25, 0.3) is 0 Å². The highest BCUT2D eigenvalue weighted by atomic mass is 19.1. The van der Waals surface area contributed by atoms with Crippen molar-refractivity contribution in [1.82, 2.24) is 9.55 Å². The third-order valence-corrected chi connectivity index (χ3v) is 3.53. The van der Waals surface area contributed by atoms with Crippen LogP contribution in [0.1, 0.15) is 27.0 Å². The van der Waals surface area contributed by atoms with E-state index in [0.29, 0.717) is 0 Å². The molecule has 1 aromatic heterocycles. The van der Waals surface area contributed by atoms with Crippen molar-refractivity contribution in [3.05, 3.63) is 33.1 Å². The van der Waals surface area contributed by atoms with E-state index in [4.69, 9.17) is 14.2 Å². The molecule has 2 rings (SSSR count). The molecule has 4 atom stereocenters. The van der Waals surface area contributed by atoms with Crippen LogP contribution in [0.2, 0.25) is 0 Å². The molecule has 1 aromatic rings. The van der Waals surface area contributed by atoms with Crippen LogP contribution >= 0.6 is 0 Å². The van der Waals surface area contributed by atoms with Gasteiger partial charge in [0.15, 0.2) is 18.0 Å². The third-order valence-electron chi connectivity index (χ3n) is 3.53. The first-order chi connectivity index (χ1) is 11.1. The molecule has 1 saturated heterocycles. The minimum Gasteiger partial charge on any atom is -0.463 e. The van der Waals surface area contributed by atoms with Gasteiger partial charge in [0.1, 0.15) is 12.7 Å². The lowest BCUT2D eigenvalue weighted by Gasteiger charge is -2.27. The van der Waals surface area contributed by atoms with Gasteiger partial charge < -0.3 is 14.2 Å². The summed E-state index contributed by atoms with van der Waals surface area (Å²) in [5.74, 6) is -1.37. The van der Waals surface area contributed by atoms with E-state index in [2.05, 4.69) is 0 Å². The van der Waals surface area contributed by atoms with Crippen molar-refractivity contribution in [2.75, 3.05) is 6.61 Å². The van der Waals surface area contributed by atoms with Crippen molar-refractivity contribution in [2.45, 2.75) is 44.9 Å². The van der Waals surface area contributed by atoms with Gasteiger partial charge in [-0.05, 0) is 6.92 Å². The zero-order valence-electron chi connectivity index (χ0n) is 13.3. The molecule has 1 fully saturated rings. The maximum absolute atomic E-state index is 15.2. The Bertz CT molecular complexity index is 754. The molecule has 24 heavy (non-hydrogen) atoms.